The van der Waals surface area contributed by atoms with Crippen molar-refractivity contribution in [3.63, 3.8) is 0 Å². The molecule has 1 aliphatic heterocycles. The molecular formula is C21H29N3O2S. The first kappa shape index (κ1) is 19.9. The molecule has 1 unspecified atom stereocenters. The molecule has 0 radical (unpaired) electrons. The molecule has 0 aliphatic carbocycles. The minimum absolute atomic E-state index is 0.155. The van der Waals surface area contributed by atoms with Gasteiger partial charge in [0.1, 0.15) is 10.6 Å². The lowest BCUT2D eigenvalue weighted by Gasteiger charge is -2.39. The molecule has 6 heteroatoms. The van der Waals surface area contributed by atoms with Crippen molar-refractivity contribution in [2.24, 2.45) is 5.73 Å². The van der Waals surface area contributed by atoms with Crippen LogP contribution in [0.25, 0.3) is 0 Å². The van der Waals surface area contributed by atoms with Crippen LogP contribution in [0.15, 0.2) is 30.3 Å². The van der Waals surface area contributed by atoms with Gasteiger partial charge in [-0.25, -0.2) is 4.79 Å². The van der Waals surface area contributed by atoms with Crippen LogP contribution in [0.3, 0.4) is 0 Å². The molecule has 0 spiro atoms. The first-order valence-corrected chi connectivity index (χ1v) is 10.2. The number of anilines is 1. The van der Waals surface area contributed by atoms with E-state index in [1.807, 2.05) is 26.8 Å². The van der Waals surface area contributed by atoms with Crippen LogP contribution < -0.4 is 11.5 Å². The number of thiophene rings is 1. The lowest BCUT2D eigenvalue weighted by atomic mass is 9.93. The minimum Gasteiger partial charge on any atom is -0.456 e. The van der Waals surface area contributed by atoms with E-state index in [9.17, 15) is 4.79 Å². The summed E-state index contributed by atoms with van der Waals surface area (Å²) in [6, 6.07) is 10.8. The first-order chi connectivity index (χ1) is 12.7. The normalized spacial score (nSPS) is 18.8. The summed E-state index contributed by atoms with van der Waals surface area (Å²) in [5.41, 5.74) is 14.6. The van der Waals surface area contributed by atoms with E-state index in [4.69, 9.17) is 16.2 Å². The summed E-state index contributed by atoms with van der Waals surface area (Å²) in [5.74, 6) is -0.335. The molecule has 27 heavy (non-hydrogen) atoms. The lowest BCUT2D eigenvalue weighted by molar-refractivity contribution is 0.00687. The number of benzene rings is 1. The van der Waals surface area contributed by atoms with Gasteiger partial charge in [0.05, 0.1) is 5.56 Å². The van der Waals surface area contributed by atoms with E-state index < -0.39 is 5.60 Å². The average Bonchev–Trinajstić information content (AvgIpc) is 2.94. The second kappa shape index (κ2) is 7.62. The fourth-order valence-electron chi connectivity index (χ4n) is 3.67. The fourth-order valence-corrected chi connectivity index (χ4v) is 4.77. The predicted octanol–water partition coefficient (Wildman–Crippen LogP) is 3.73. The predicted molar refractivity (Wildman–Crippen MR) is 111 cm³/mol. The van der Waals surface area contributed by atoms with Gasteiger partial charge in [-0.05, 0) is 45.2 Å². The van der Waals surface area contributed by atoms with Crippen LogP contribution in [0, 0.1) is 0 Å². The van der Waals surface area contributed by atoms with Crippen molar-refractivity contribution in [3.05, 3.63) is 51.9 Å². The largest absolute Gasteiger partial charge is 0.456 e. The Balaban J connectivity index is 1.91. The van der Waals surface area contributed by atoms with Gasteiger partial charge < -0.3 is 16.2 Å². The summed E-state index contributed by atoms with van der Waals surface area (Å²) in [6.07, 6.45) is 0.714. The number of hydrogen-bond acceptors (Lipinski definition) is 6. The Kier molecular flexibility index (Phi) is 5.60. The summed E-state index contributed by atoms with van der Waals surface area (Å²) >= 11 is 1.49. The second-order valence-corrected chi connectivity index (χ2v) is 9.23. The van der Waals surface area contributed by atoms with Crippen molar-refractivity contribution >= 4 is 22.3 Å². The molecule has 0 fully saturated rings. The van der Waals surface area contributed by atoms with Crippen LogP contribution in [-0.4, -0.2) is 29.1 Å². The highest BCUT2D eigenvalue weighted by Crippen LogP contribution is 2.40. The summed E-state index contributed by atoms with van der Waals surface area (Å²) in [6.45, 7) is 9.07. The third-order valence-corrected chi connectivity index (χ3v) is 6.05. The summed E-state index contributed by atoms with van der Waals surface area (Å²) in [7, 11) is 0. The minimum atomic E-state index is -0.547. The van der Waals surface area contributed by atoms with Crippen molar-refractivity contribution in [1.82, 2.24) is 4.90 Å². The standard InChI is InChI=1S/C21H29N3O2S/c1-13(14-8-6-5-7-9-14)24-12-17-16(10-15(24)11-22)18(19(23)27-17)20(25)26-21(2,3)4/h5-9,13,15H,10-12,22-23H2,1-4H3/t13-,15?/m0/s1. The van der Waals surface area contributed by atoms with Gasteiger partial charge in [-0.2, -0.15) is 0 Å². The maximum absolute atomic E-state index is 12.7. The summed E-state index contributed by atoms with van der Waals surface area (Å²) in [5, 5.41) is 0.541. The molecule has 2 heterocycles. The Hall–Kier alpha value is -1.89. The van der Waals surface area contributed by atoms with Gasteiger partial charge in [0.15, 0.2) is 0 Å². The maximum Gasteiger partial charge on any atom is 0.341 e. The van der Waals surface area contributed by atoms with E-state index in [1.54, 1.807) is 0 Å². The molecule has 5 nitrogen and oxygen atoms in total. The number of carbonyl (C=O) groups excluding carboxylic acids is 1. The van der Waals surface area contributed by atoms with Gasteiger partial charge >= 0.3 is 5.97 Å². The molecule has 146 valence electrons. The Morgan fingerprint density at radius 1 is 1.33 bits per heavy atom. The molecule has 0 amide bonds. The highest BCUT2D eigenvalue weighted by atomic mass is 32.1. The zero-order valence-corrected chi connectivity index (χ0v) is 17.3. The number of ether oxygens (including phenoxy) is 1. The molecular weight excluding hydrogens is 358 g/mol. The number of nitrogen functional groups attached to an aromatic ring is 1. The number of fused-ring (bicyclic) bond motifs is 1. The SMILES string of the molecule is C[C@@H](c1ccccc1)N1Cc2sc(N)c(C(=O)OC(C)(C)C)c2CC1CN. The Morgan fingerprint density at radius 3 is 2.59 bits per heavy atom. The second-order valence-electron chi connectivity index (χ2n) is 8.10. The van der Waals surface area contributed by atoms with Crippen LogP contribution in [0.5, 0.6) is 0 Å². The number of esters is 1. The fraction of sp³-hybridized carbons (Fsp3) is 0.476. The van der Waals surface area contributed by atoms with Gasteiger partial charge in [0.2, 0.25) is 0 Å². The zero-order chi connectivity index (χ0) is 19.8. The maximum atomic E-state index is 12.7. The van der Waals surface area contributed by atoms with E-state index in [1.165, 1.54) is 16.9 Å². The van der Waals surface area contributed by atoms with E-state index in [2.05, 4.69) is 36.1 Å². The van der Waals surface area contributed by atoms with E-state index >= 15 is 0 Å². The third-order valence-electron chi connectivity index (χ3n) is 5.01. The molecule has 4 N–H and O–H groups in total. The zero-order valence-electron chi connectivity index (χ0n) is 16.5. The van der Waals surface area contributed by atoms with Crippen LogP contribution in [-0.2, 0) is 17.7 Å². The molecule has 1 aliphatic rings. The van der Waals surface area contributed by atoms with Gasteiger partial charge in [-0.1, -0.05) is 30.3 Å². The van der Waals surface area contributed by atoms with E-state index in [0.29, 0.717) is 23.5 Å². The van der Waals surface area contributed by atoms with Gasteiger partial charge in [0.25, 0.3) is 0 Å². The number of hydrogen-bond donors (Lipinski definition) is 2. The third kappa shape index (κ3) is 4.18. The molecule has 0 saturated heterocycles. The van der Waals surface area contributed by atoms with Crippen molar-refractivity contribution in [1.29, 1.82) is 0 Å². The number of rotatable bonds is 4. The Labute approximate surface area is 165 Å². The highest BCUT2D eigenvalue weighted by molar-refractivity contribution is 7.16. The van der Waals surface area contributed by atoms with Crippen LogP contribution in [0.1, 0.15) is 60.1 Å². The van der Waals surface area contributed by atoms with Gasteiger partial charge in [-0.3, -0.25) is 4.90 Å². The van der Waals surface area contributed by atoms with Gasteiger partial charge in [0, 0.05) is 30.1 Å². The van der Waals surface area contributed by atoms with Gasteiger partial charge in [-0.15, -0.1) is 11.3 Å². The molecule has 0 saturated carbocycles. The molecule has 1 aromatic carbocycles. The van der Waals surface area contributed by atoms with Crippen molar-refractivity contribution in [3.8, 4) is 0 Å². The molecule has 3 rings (SSSR count). The number of nitrogens with two attached hydrogens (primary N) is 2. The monoisotopic (exact) mass is 387 g/mol. The molecule has 2 atom stereocenters. The highest BCUT2D eigenvalue weighted by Gasteiger charge is 2.35. The Morgan fingerprint density at radius 2 is 2.00 bits per heavy atom. The molecule has 0 bridgehead atoms. The van der Waals surface area contributed by atoms with Crippen molar-refractivity contribution in [2.75, 3.05) is 12.3 Å². The lowest BCUT2D eigenvalue weighted by Crippen LogP contribution is -2.46. The van der Waals surface area contributed by atoms with Crippen LogP contribution in [0.2, 0.25) is 0 Å². The van der Waals surface area contributed by atoms with Crippen molar-refractivity contribution < 1.29 is 9.53 Å². The topological polar surface area (TPSA) is 81.6 Å². The first-order valence-electron chi connectivity index (χ1n) is 9.35. The smallest absolute Gasteiger partial charge is 0.341 e. The Bertz CT molecular complexity index is 811. The number of nitrogens with zero attached hydrogens (tertiary/aromatic N) is 1. The van der Waals surface area contributed by atoms with Crippen LogP contribution in [0.4, 0.5) is 5.00 Å². The number of carbonyl (C=O) groups is 1. The van der Waals surface area contributed by atoms with E-state index in [0.717, 1.165) is 17.0 Å². The van der Waals surface area contributed by atoms with E-state index in [-0.39, 0.29) is 18.1 Å². The quantitative estimate of drug-likeness (QED) is 0.781. The van der Waals surface area contributed by atoms with Crippen molar-refractivity contribution in [2.45, 2.75) is 58.3 Å². The summed E-state index contributed by atoms with van der Waals surface area (Å²) in [4.78, 5) is 16.3. The summed E-state index contributed by atoms with van der Waals surface area (Å²) < 4.78 is 5.58. The molecule has 2 aromatic rings. The van der Waals surface area contributed by atoms with Crippen LogP contribution >= 0.6 is 11.3 Å². The molecule has 1 aromatic heterocycles. The average molecular weight is 388 g/mol.